The quantitative estimate of drug-likeness (QED) is 0.795. The number of anilines is 1. The van der Waals surface area contributed by atoms with Gasteiger partial charge in [-0.15, -0.1) is 4.91 Å². The third-order valence-corrected chi connectivity index (χ3v) is 4.57. The average Bonchev–Trinajstić information content (AvgIpc) is 2.56. The maximum Gasteiger partial charge on any atom is 0.158 e. The van der Waals surface area contributed by atoms with E-state index < -0.39 is 0 Å². The highest BCUT2D eigenvalue weighted by molar-refractivity contribution is 5.61. The number of piperazine rings is 1. The lowest BCUT2D eigenvalue weighted by Crippen LogP contribution is -2.51. The normalized spacial score (nSPS) is 21.9. The Kier molecular flexibility index (Phi) is 4.25. The molecule has 5 heteroatoms. The number of nitroso groups, excluding NO2 is 1. The van der Waals surface area contributed by atoms with E-state index in [0.717, 1.165) is 38.0 Å². The van der Waals surface area contributed by atoms with E-state index in [1.165, 1.54) is 32.1 Å². The standard InChI is InChI=1S/C15H22N4O/c20-17-14-7-4-8-16-15(14)19-11-9-18(10-12-19)13-5-2-1-3-6-13/h4,7-8,13H,1-3,5-6,9-12H2. The van der Waals surface area contributed by atoms with Gasteiger partial charge >= 0.3 is 0 Å². The maximum absolute atomic E-state index is 10.9. The van der Waals surface area contributed by atoms with E-state index >= 15 is 0 Å². The Balaban J connectivity index is 1.61. The fraction of sp³-hybridized carbons (Fsp3) is 0.667. The van der Waals surface area contributed by atoms with Gasteiger partial charge in [0.25, 0.3) is 0 Å². The average molecular weight is 274 g/mol. The number of hydrogen-bond donors (Lipinski definition) is 0. The molecule has 0 atom stereocenters. The molecule has 2 fully saturated rings. The summed E-state index contributed by atoms with van der Waals surface area (Å²) in [6, 6.07) is 4.28. The van der Waals surface area contributed by atoms with Crippen molar-refractivity contribution in [2.75, 3.05) is 31.1 Å². The second-order valence-electron chi connectivity index (χ2n) is 5.75. The van der Waals surface area contributed by atoms with Crippen molar-refractivity contribution in [2.24, 2.45) is 5.18 Å². The zero-order valence-corrected chi connectivity index (χ0v) is 11.9. The summed E-state index contributed by atoms with van der Waals surface area (Å²) in [4.78, 5) is 20.0. The lowest BCUT2D eigenvalue weighted by molar-refractivity contribution is 0.147. The summed E-state index contributed by atoms with van der Waals surface area (Å²) in [5, 5.41) is 3.09. The molecule has 1 aliphatic heterocycles. The molecule has 1 saturated carbocycles. The molecule has 1 aliphatic carbocycles. The second-order valence-corrected chi connectivity index (χ2v) is 5.75. The highest BCUT2D eigenvalue weighted by atomic mass is 16.3. The van der Waals surface area contributed by atoms with Crippen LogP contribution in [-0.4, -0.2) is 42.1 Å². The van der Waals surface area contributed by atoms with Crippen molar-refractivity contribution >= 4 is 11.5 Å². The third-order valence-electron chi connectivity index (χ3n) is 4.57. The van der Waals surface area contributed by atoms with Crippen LogP contribution in [0.15, 0.2) is 23.5 Å². The Labute approximate surface area is 120 Å². The van der Waals surface area contributed by atoms with Crippen LogP contribution in [-0.2, 0) is 0 Å². The first kappa shape index (κ1) is 13.5. The lowest BCUT2D eigenvalue weighted by Gasteiger charge is -2.41. The molecule has 0 N–H and O–H groups in total. The minimum atomic E-state index is 0.457. The number of nitrogens with zero attached hydrogens (tertiary/aromatic N) is 4. The number of rotatable bonds is 3. The smallest absolute Gasteiger partial charge is 0.158 e. The van der Waals surface area contributed by atoms with Gasteiger partial charge in [-0.3, -0.25) is 4.90 Å². The summed E-state index contributed by atoms with van der Waals surface area (Å²) in [5.74, 6) is 0.741. The molecule has 1 aromatic rings. The molecule has 0 radical (unpaired) electrons. The molecular formula is C15H22N4O. The summed E-state index contributed by atoms with van der Waals surface area (Å²) in [6.07, 6.45) is 8.60. The van der Waals surface area contributed by atoms with Crippen LogP contribution in [0.25, 0.3) is 0 Å². The van der Waals surface area contributed by atoms with Crippen molar-refractivity contribution < 1.29 is 0 Å². The van der Waals surface area contributed by atoms with Crippen molar-refractivity contribution in [1.82, 2.24) is 9.88 Å². The SMILES string of the molecule is O=Nc1cccnc1N1CCN(C2CCCCC2)CC1. The lowest BCUT2D eigenvalue weighted by atomic mass is 9.94. The molecule has 0 bridgehead atoms. The van der Waals surface area contributed by atoms with Gasteiger partial charge in [0.1, 0.15) is 5.69 Å². The predicted octanol–water partition coefficient (Wildman–Crippen LogP) is 2.93. The monoisotopic (exact) mass is 274 g/mol. The molecule has 20 heavy (non-hydrogen) atoms. The van der Waals surface area contributed by atoms with Crippen LogP contribution in [0.1, 0.15) is 32.1 Å². The molecule has 1 aromatic heterocycles. The first-order valence-electron chi connectivity index (χ1n) is 7.66. The summed E-state index contributed by atoms with van der Waals surface area (Å²) in [6.45, 7) is 4.02. The molecule has 0 spiro atoms. The summed E-state index contributed by atoms with van der Waals surface area (Å²) in [7, 11) is 0. The zero-order chi connectivity index (χ0) is 13.8. The highest BCUT2D eigenvalue weighted by Gasteiger charge is 2.26. The highest BCUT2D eigenvalue weighted by Crippen LogP contribution is 2.28. The first-order valence-corrected chi connectivity index (χ1v) is 7.66. The molecule has 2 heterocycles. The van der Waals surface area contributed by atoms with Crippen molar-refractivity contribution in [2.45, 2.75) is 38.1 Å². The van der Waals surface area contributed by atoms with Crippen LogP contribution in [0.3, 0.4) is 0 Å². The Hall–Kier alpha value is -1.49. The first-order chi connectivity index (χ1) is 9.88. The molecule has 0 unspecified atom stereocenters. The number of pyridine rings is 1. The van der Waals surface area contributed by atoms with Crippen LogP contribution in [0.2, 0.25) is 0 Å². The van der Waals surface area contributed by atoms with Crippen LogP contribution >= 0.6 is 0 Å². The Morgan fingerprint density at radius 3 is 2.55 bits per heavy atom. The van der Waals surface area contributed by atoms with Gasteiger partial charge in [-0.2, -0.15) is 0 Å². The molecule has 108 valence electrons. The fourth-order valence-electron chi connectivity index (χ4n) is 3.45. The van der Waals surface area contributed by atoms with Gasteiger partial charge in [0, 0.05) is 38.4 Å². The maximum atomic E-state index is 10.9. The molecule has 5 nitrogen and oxygen atoms in total. The number of aromatic nitrogens is 1. The molecular weight excluding hydrogens is 252 g/mol. The largest absolute Gasteiger partial charge is 0.352 e. The minimum absolute atomic E-state index is 0.457. The van der Waals surface area contributed by atoms with Crippen molar-refractivity contribution in [1.29, 1.82) is 0 Å². The zero-order valence-electron chi connectivity index (χ0n) is 11.9. The van der Waals surface area contributed by atoms with E-state index in [-0.39, 0.29) is 0 Å². The molecule has 0 aromatic carbocycles. The van der Waals surface area contributed by atoms with E-state index in [2.05, 4.69) is 20.0 Å². The Morgan fingerprint density at radius 2 is 1.85 bits per heavy atom. The third kappa shape index (κ3) is 2.82. The fourth-order valence-corrected chi connectivity index (χ4v) is 3.45. The van der Waals surface area contributed by atoms with Crippen molar-refractivity contribution in [3.05, 3.63) is 23.2 Å². The van der Waals surface area contributed by atoms with Crippen LogP contribution in [0, 0.1) is 4.91 Å². The van der Waals surface area contributed by atoms with Gasteiger partial charge in [0.05, 0.1) is 0 Å². The van der Waals surface area contributed by atoms with Crippen LogP contribution in [0.4, 0.5) is 11.5 Å². The Bertz CT molecular complexity index is 451. The summed E-state index contributed by atoms with van der Waals surface area (Å²) in [5.41, 5.74) is 0.457. The molecule has 0 amide bonds. The van der Waals surface area contributed by atoms with Crippen LogP contribution < -0.4 is 4.90 Å². The minimum Gasteiger partial charge on any atom is -0.352 e. The van der Waals surface area contributed by atoms with Gasteiger partial charge in [0.15, 0.2) is 5.82 Å². The number of hydrogen-bond acceptors (Lipinski definition) is 5. The van der Waals surface area contributed by atoms with E-state index in [9.17, 15) is 4.91 Å². The molecule has 1 saturated heterocycles. The van der Waals surface area contributed by atoms with Gasteiger partial charge in [-0.25, -0.2) is 4.98 Å². The molecule has 2 aliphatic rings. The van der Waals surface area contributed by atoms with Gasteiger partial charge < -0.3 is 4.90 Å². The molecule has 3 rings (SSSR count). The summed E-state index contributed by atoms with van der Waals surface area (Å²) >= 11 is 0. The van der Waals surface area contributed by atoms with E-state index in [1.807, 2.05) is 0 Å². The topological polar surface area (TPSA) is 48.8 Å². The van der Waals surface area contributed by atoms with E-state index in [4.69, 9.17) is 0 Å². The Morgan fingerprint density at radius 1 is 1.10 bits per heavy atom. The summed E-state index contributed by atoms with van der Waals surface area (Å²) < 4.78 is 0. The van der Waals surface area contributed by atoms with Crippen molar-refractivity contribution in [3.63, 3.8) is 0 Å². The van der Waals surface area contributed by atoms with E-state index in [0.29, 0.717) is 5.69 Å². The van der Waals surface area contributed by atoms with Gasteiger partial charge in [-0.1, -0.05) is 19.3 Å². The van der Waals surface area contributed by atoms with Gasteiger partial charge in [-0.05, 0) is 30.2 Å². The predicted molar refractivity (Wildman–Crippen MR) is 80.4 cm³/mol. The second kappa shape index (κ2) is 6.31. The van der Waals surface area contributed by atoms with E-state index in [1.54, 1.807) is 18.3 Å². The van der Waals surface area contributed by atoms with Crippen LogP contribution in [0.5, 0.6) is 0 Å². The van der Waals surface area contributed by atoms with Crippen molar-refractivity contribution in [3.8, 4) is 0 Å². The van der Waals surface area contributed by atoms with Gasteiger partial charge in [0.2, 0.25) is 0 Å².